The zero-order valence-electron chi connectivity index (χ0n) is 8.68. The Morgan fingerprint density at radius 1 is 1.56 bits per heavy atom. The first-order chi connectivity index (χ1) is 7.81. The van der Waals surface area contributed by atoms with E-state index in [1.54, 1.807) is 11.0 Å². The predicted molar refractivity (Wildman–Crippen MR) is 56.6 cm³/mol. The molecule has 1 aliphatic rings. The van der Waals surface area contributed by atoms with E-state index >= 15 is 0 Å². The standard InChI is InChI=1S/C10H11N5O/c11-6-8-2-4-13-14-10(8)15-5-1-3-12-9(16)7-15/h2,4H,1,3,5,7H2,(H,12,16). The fraction of sp³-hybridized carbons (Fsp3) is 0.400. The molecule has 0 saturated carbocycles. The van der Waals surface area contributed by atoms with Crippen molar-refractivity contribution in [1.82, 2.24) is 15.5 Å². The summed E-state index contributed by atoms with van der Waals surface area (Å²) in [6.07, 6.45) is 2.31. The van der Waals surface area contributed by atoms with Gasteiger partial charge in [0.25, 0.3) is 0 Å². The molecule has 2 heterocycles. The van der Waals surface area contributed by atoms with Gasteiger partial charge in [-0.25, -0.2) is 0 Å². The molecule has 1 saturated heterocycles. The van der Waals surface area contributed by atoms with E-state index in [1.807, 2.05) is 0 Å². The minimum absolute atomic E-state index is 0.0490. The second-order valence-electron chi connectivity index (χ2n) is 3.51. The van der Waals surface area contributed by atoms with Gasteiger partial charge in [-0.2, -0.15) is 10.4 Å². The van der Waals surface area contributed by atoms with E-state index in [0.717, 1.165) is 6.42 Å². The summed E-state index contributed by atoms with van der Waals surface area (Å²) in [5.74, 6) is 0.439. The second kappa shape index (κ2) is 4.57. The zero-order valence-corrected chi connectivity index (χ0v) is 8.68. The van der Waals surface area contributed by atoms with Crippen LogP contribution in [-0.2, 0) is 4.79 Å². The lowest BCUT2D eigenvalue weighted by Gasteiger charge is -2.19. The number of carbonyl (C=O) groups excluding carboxylic acids is 1. The van der Waals surface area contributed by atoms with Crippen LogP contribution in [0.15, 0.2) is 12.3 Å². The van der Waals surface area contributed by atoms with Gasteiger partial charge in [0.2, 0.25) is 5.91 Å². The first kappa shape index (κ1) is 10.4. The molecule has 0 atom stereocenters. The van der Waals surface area contributed by atoms with Gasteiger partial charge in [-0.1, -0.05) is 0 Å². The lowest BCUT2D eigenvalue weighted by atomic mass is 10.2. The molecule has 0 aromatic carbocycles. The first-order valence-corrected chi connectivity index (χ1v) is 5.04. The summed E-state index contributed by atoms with van der Waals surface area (Å²) in [5, 5.41) is 19.4. The van der Waals surface area contributed by atoms with Crippen molar-refractivity contribution in [1.29, 1.82) is 5.26 Å². The number of carbonyl (C=O) groups is 1. The average molecular weight is 217 g/mol. The van der Waals surface area contributed by atoms with Gasteiger partial charge in [0.05, 0.1) is 18.3 Å². The number of hydrogen-bond acceptors (Lipinski definition) is 5. The summed E-state index contributed by atoms with van der Waals surface area (Å²) >= 11 is 0. The third kappa shape index (κ3) is 2.08. The molecular formula is C10H11N5O. The molecule has 1 aromatic heterocycles. The average Bonchev–Trinajstić information content (AvgIpc) is 2.54. The summed E-state index contributed by atoms with van der Waals surface area (Å²) in [5.41, 5.74) is 0.449. The number of anilines is 1. The van der Waals surface area contributed by atoms with Crippen LogP contribution in [-0.4, -0.2) is 35.7 Å². The molecule has 1 aliphatic heterocycles. The number of nitriles is 1. The quantitative estimate of drug-likeness (QED) is 0.696. The van der Waals surface area contributed by atoms with E-state index in [9.17, 15) is 4.79 Å². The second-order valence-corrected chi connectivity index (χ2v) is 3.51. The van der Waals surface area contributed by atoms with Gasteiger partial charge in [0, 0.05) is 13.1 Å². The van der Waals surface area contributed by atoms with E-state index in [-0.39, 0.29) is 12.5 Å². The minimum Gasteiger partial charge on any atom is -0.354 e. The number of nitrogens with zero attached hydrogens (tertiary/aromatic N) is 4. The van der Waals surface area contributed by atoms with Gasteiger partial charge >= 0.3 is 0 Å². The Balaban J connectivity index is 2.28. The van der Waals surface area contributed by atoms with Gasteiger partial charge in [0.1, 0.15) is 6.07 Å². The zero-order chi connectivity index (χ0) is 11.4. The van der Waals surface area contributed by atoms with Gasteiger partial charge in [-0.3, -0.25) is 4.79 Å². The molecule has 0 bridgehead atoms. The van der Waals surface area contributed by atoms with Crippen LogP contribution in [0.1, 0.15) is 12.0 Å². The molecule has 82 valence electrons. The highest BCUT2D eigenvalue weighted by Crippen LogP contribution is 2.15. The molecular weight excluding hydrogens is 206 g/mol. The molecule has 6 heteroatoms. The van der Waals surface area contributed by atoms with Crippen molar-refractivity contribution >= 4 is 11.7 Å². The summed E-state index contributed by atoms with van der Waals surface area (Å²) in [6, 6.07) is 3.65. The fourth-order valence-electron chi connectivity index (χ4n) is 1.63. The molecule has 1 fully saturated rings. The predicted octanol–water partition coefficient (Wildman–Crippen LogP) is -0.325. The molecule has 16 heavy (non-hydrogen) atoms. The lowest BCUT2D eigenvalue weighted by Crippen LogP contribution is -2.34. The van der Waals surface area contributed by atoms with Gasteiger partial charge in [-0.15, -0.1) is 5.10 Å². The molecule has 0 unspecified atom stereocenters. The van der Waals surface area contributed by atoms with Gasteiger partial charge in [0.15, 0.2) is 5.82 Å². The van der Waals surface area contributed by atoms with Crippen molar-refractivity contribution in [3.8, 4) is 6.07 Å². The number of nitrogens with one attached hydrogen (secondary N) is 1. The Bertz CT molecular complexity index is 439. The Kier molecular flexibility index (Phi) is 2.96. The van der Waals surface area contributed by atoms with E-state index in [2.05, 4.69) is 21.6 Å². The molecule has 1 N–H and O–H groups in total. The summed E-state index contributed by atoms with van der Waals surface area (Å²) < 4.78 is 0. The minimum atomic E-state index is -0.0490. The SMILES string of the molecule is N#Cc1ccnnc1N1CCCNC(=O)C1. The number of amides is 1. The van der Waals surface area contributed by atoms with Crippen LogP contribution in [0.5, 0.6) is 0 Å². The number of aromatic nitrogens is 2. The van der Waals surface area contributed by atoms with Crippen molar-refractivity contribution in [2.24, 2.45) is 0 Å². The van der Waals surface area contributed by atoms with Crippen molar-refractivity contribution in [3.05, 3.63) is 17.8 Å². The largest absolute Gasteiger partial charge is 0.354 e. The topological polar surface area (TPSA) is 81.9 Å². The molecule has 0 aliphatic carbocycles. The maximum atomic E-state index is 11.4. The molecule has 6 nitrogen and oxygen atoms in total. The Morgan fingerprint density at radius 2 is 2.44 bits per heavy atom. The number of rotatable bonds is 1. The summed E-state index contributed by atoms with van der Waals surface area (Å²) in [4.78, 5) is 13.2. The lowest BCUT2D eigenvalue weighted by molar-refractivity contribution is -0.119. The van der Waals surface area contributed by atoms with Crippen LogP contribution in [0.4, 0.5) is 5.82 Å². The highest BCUT2D eigenvalue weighted by Gasteiger charge is 2.18. The molecule has 1 amide bonds. The van der Waals surface area contributed by atoms with Crippen LogP contribution >= 0.6 is 0 Å². The summed E-state index contributed by atoms with van der Waals surface area (Å²) in [6.45, 7) is 1.59. The maximum Gasteiger partial charge on any atom is 0.239 e. The van der Waals surface area contributed by atoms with Crippen LogP contribution in [0, 0.1) is 11.3 Å². The fourth-order valence-corrected chi connectivity index (χ4v) is 1.63. The van der Waals surface area contributed by atoms with Crippen molar-refractivity contribution in [2.45, 2.75) is 6.42 Å². The smallest absolute Gasteiger partial charge is 0.239 e. The molecule has 0 radical (unpaired) electrons. The summed E-state index contributed by atoms with van der Waals surface area (Å²) in [7, 11) is 0. The Morgan fingerprint density at radius 3 is 3.25 bits per heavy atom. The first-order valence-electron chi connectivity index (χ1n) is 5.04. The third-order valence-electron chi connectivity index (χ3n) is 2.38. The van der Waals surface area contributed by atoms with Crippen molar-refractivity contribution < 1.29 is 4.79 Å². The normalized spacial score (nSPS) is 16.2. The Hall–Kier alpha value is -2.16. The van der Waals surface area contributed by atoms with Crippen LogP contribution in [0.2, 0.25) is 0 Å². The Labute approximate surface area is 92.9 Å². The molecule has 0 spiro atoms. The van der Waals surface area contributed by atoms with Crippen LogP contribution in [0.3, 0.4) is 0 Å². The maximum absolute atomic E-state index is 11.4. The molecule has 1 aromatic rings. The van der Waals surface area contributed by atoms with E-state index in [4.69, 9.17) is 5.26 Å². The van der Waals surface area contributed by atoms with E-state index in [0.29, 0.717) is 24.5 Å². The molecule has 2 rings (SSSR count). The van der Waals surface area contributed by atoms with Crippen LogP contribution in [0.25, 0.3) is 0 Å². The van der Waals surface area contributed by atoms with Crippen molar-refractivity contribution in [2.75, 3.05) is 24.5 Å². The van der Waals surface area contributed by atoms with E-state index < -0.39 is 0 Å². The van der Waals surface area contributed by atoms with Crippen molar-refractivity contribution in [3.63, 3.8) is 0 Å². The number of hydrogen-bond donors (Lipinski definition) is 1. The van der Waals surface area contributed by atoms with Gasteiger partial charge < -0.3 is 10.2 Å². The highest BCUT2D eigenvalue weighted by molar-refractivity contribution is 5.81. The van der Waals surface area contributed by atoms with E-state index in [1.165, 1.54) is 6.20 Å². The highest BCUT2D eigenvalue weighted by atomic mass is 16.2. The third-order valence-corrected chi connectivity index (χ3v) is 2.38. The van der Waals surface area contributed by atoms with Gasteiger partial charge in [-0.05, 0) is 12.5 Å². The monoisotopic (exact) mass is 217 g/mol. The van der Waals surface area contributed by atoms with Crippen LogP contribution < -0.4 is 10.2 Å².